The second-order valence-corrected chi connectivity index (χ2v) is 3.41. The Bertz CT molecular complexity index is 343. The van der Waals surface area contributed by atoms with Crippen LogP contribution in [0.15, 0.2) is 18.2 Å². The molecular formula is C11H17NO4. The number of benzene rings is 1. The normalized spacial score (nSPS) is 14.5. The Morgan fingerprint density at radius 3 is 2.62 bits per heavy atom. The van der Waals surface area contributed by atoms with Gasteiger partial charge in [-0.25, -0.2) is 0 Å². The second-order valence-electron chi connectivity index (χ2n) is 3.41. The van der Waals surface area contributed by atoms with Gasteiger partial charge in [0, 0.05) is 6.54 Å². The molecule has 2 unspecified atom stereocenters. The molecule has 5 nitrogen and oxygen atoms in total. The molecule has 0 heterocycles. The molecule has 1 aromatic rings. The number of phenolic OH excluding ortho intramolecular Hbond substituents is 1. The summed E-state index contributed by atoms with van der Waals surface area (Å²) in [5.41, 5.74) is 5.70. The van der Waals surface area contributed by atoms with Gasteiger partial charge in [0.05, 0.1) is 12.7 Å². The van der Waals surface area contributed by atoms with Crippen molar-refractivity contribution in [3.8, 4) is 11.5 Å². The third-order valence-electron chi connectivity index (χ3n) is 2.23. The van der Waals surface area contributed by atoms with E-state index >= 15 is 0 Å². The van der Waals surface area contributed by atoms with E-state index in [2.05, 4.69) is 0 Å². The summed E-state index contributed by atoms with van der Waals surface area (Å²) >= 11 is 0. The average Bonchev–Trinajstić information content (AvgIpc) is 2.30. The summed E-state index contributed by atoms with van der Waals surface area (Å²) < 4.78 is 5.17. The lowest BCUT2D eigenvalue weighted by atomic mass is 10.0. The first-order valence-electron chi connectivity index (χ1n) is 5.12. The molecule has 0 aliphatic carbocycles. The molecule has 0 saturated carbocycles. The van der Waals surface area contributed by atoms with Gasteiger partial charge >= 0.3 is 0 Å². The maximum absolute atomic E-state index is 9.71. The summed E-state index contributed by atoms with van der Waals surface area (Å²) in [5.74, 6) is 0.281. The van der Waals surface area contributed by atoms with Gasteiger partial charge in [-0.1, -0.05) is 6.07 Å². The molecule has 0 aromatic heterocycles. The zero-order valence-corrected chi connectivity index (χ0v) is 9.13. The summed E-state index contributed by atoms with van der Waals surface area (Å²) in [5, 5.41) is 28.5. The van der Waals surface area contributed by atoms with Gasteiger partial charge in [0.25, 0.3) is 0 Å². The Balaban J connectivity index is 2.93. The molecule has 1 rings (SSSR count). The van der Waals surface area contributed by atoms with Crippen LogP contribution in [0.2, 0.25) is 0 Å². The Hall–Kier alpha value is -1.30. The van der Waals surface area contributed by atoms with Gasteiger partial charge in [0.1, 0.15) is 6.10 Å². The van der Waals surface area contributed by atoms with E-state index in [-0.39, 0.29) is 18.0 Å². The molecule has 0 bridgehead atoms. The van der Waals surface area contributed by atoms with Crippen LogP contribution in [-0.2, 0) is 0 Å². The third kappa shape index (κ3) is 2.85. The zero-order chi connectivity index (χ0) is 12.1. The third-order valence-corrected chi connectivity index (χ3v) is 2.23. The maximum Gasteiger partial charge on any atom is 0.161 e. The van der Waals surface area contributed by atoms with Crippen molar-refractivity contribution in [1.82, 2.24) is 0 Å². The molecule has 0 saturated heterocycles. The van der Waals surface area contributed by atoms with Crippen molar-refractivity contribution in [3.63, 3.8) is 0 Å². The summed E-state index contributed by atoms with van der Waals surface area (Å²) in [6.07, 6.45) is -2.11. The number of hydrogen-bond donors (Lipinski definition) is 4. The molecule has 16 heavy (non-hydrogen) atoms. The fourth-order valence-corrected chi connectivity index (χ4v) is 1.34. The fraction of sp³-hybridized carbons (Fsp3) is 0.455. The van der Waals surface area contributed by atoms with Crippen molar-refractivity contribution in [1.29, 1.82) is 0 Å². The van der Waals surface area contributed by atoms with Crippen molar-refractivity contribution in [3.05, 3.63) is 23.8 Å². The minimum Gasteiger partial charge on any atom is -0.504 e. The van der Waals surface area contributed by atoms with Gasteiger partial charge in [0.15, 0.2) is 11.5 Å². The highest BCUT2D eigenvalue weighted by Crippen LogP contribution is 2.30. The fourth-order valence-electron chi connectivity index (χ4n) is 1.34. The van der Waals surface area contributed by atoms with Gasteiger partial charge in [-0.2, -0.15) is 0 Å². The van der Waals surface area contributed by atoms with Crippen molar-refractivity contribution in [2.45, 2.75) is 19.1 Å². The average molecular weight is 227 g/mol. The summed E-state index contributed by atoms with van der Waals surface area (Å²) in [6.45, 7) is 2.16. The standard InChI is InChI=1S/C11H17NO4/c1-2-16-10-5-7(3-4-8(10)13)11(15)9(14)6-12/h3-5,9,11,13-15H,2,6,12H2,1H3. The van der Waals surface area contributed by atoms with Crippen LogP contribution in [0.4, 0.5) is 0 Å². The lowest BCUT2D eigenvalue weighted by Gasteiger charge is -2.17. The Labute approximate surface area is 94.1 Å². The van der Waals surface area contributed by atoms with E-state index < -0.39 is 12.2 Å². The minimum atomic E-state index is -1.08. The van der Waals surface area contributed by atoms with Gasteiger partial charge in [-0.05, 0) is 24.6 Å². The molecule has 2 atom stereocenters. The van der Waals surface area contributed by atoms with E-state index in [0.29, 0.717) is 12.2 Å². The van der Waals surface area contributed by atoms with E-state index in [1.54, 1.807) is 6.92 Å². The molecule has 0 aliphatic rings. The first-order valence-corrected chi connectivity index (χ1v) is 5.12. The monoisotopic (exact) mass is 227 g/mol. The van der Waals surface area contributed by atoms with E-state index in [1.807, 2.05) is 0 Å². The molecule has 5 heteroatoms. The SMILES string of the molecule is CCOc1cc(C(O)C(O)CN)ccc1O. The summed E-state index contributed by atoms with van der Waals surface area (Å²) in [4.78, 5) is 0. The predicted molar refractivity (Wildman–Crippen MR) is 59.3 cm³/mol. The number of rotatable bonds is 5. The number of hydrogen-bond acceptors (Lipinski definition) is 5. The first-order chi connectivity index (χ1) is 7.60. The Morgan fingerprint density at radius 1 is 1.38 bits per heavy atom. The van der Waals surface area contributed by atoms with Crippen molar-refractivity contribution in [2.75, 3.05) is 13.2 Å². The topological polar surface area (TPSA) is 95.9 Å². The van der Waals surface area contributed by atoms with Crippen LogP contribution in [0.1, 0.15) is 18.6 Å². The lowest BCUT2D eigenvalue weighted by Crippen LogP contribution is -2.27. The quantitative estimate of drug-likeness (QED) is 0.574. The van der Waals surface area contributed by atoms with Crippen molar-refractivity contribution in [2.24, 2.45) is 5.73 Å². The first kappa shape index (κ1) is 12.8. The molecule has 5 N–H and O–H groups in total. The van der Waals surface area contributed by atoms with Gasteiger partial charge in [-0.3, -0.25) is 0 Å². The molecule has 0 fully saturated rings. The summed E-state index contributed by atoms with van der Waals surface area (Å²) in [6, 6.07) is 4.41. The van der Waals surface area contributed by atoms with Crippen LogP contribution >= 0.6 is 0 Å². The van der Waals surface area contributed by atoms with Crippen LogP contribution in [-0.4, -0.2) is 34.6 Å². The number of aliphatic hydroxyl groups excluding tert-OH is 2. The van der Waals surface area contributed by atoms with Crippen LogP contribution < -0.4 is 10.5 Å². The highest BCUT2D eigenvalue weighted by Gasteiger charge is 2.18. The van der Waals surface area contributed by atoms with Crippen LogP contribution in [0.25, 0.3) is 0 Å². The van der Waals surface area contributed by atoms with Crippen LogP contribution in [0.5, 0.6) is 11.5 Å². The van der Waals surface area contributed by atoms with Gasteiger partial charge in [0.2, 0.25) is 0 Å². The van der Waals surface area contributed by atoms with E-state index in [4.69, 9.17) is 10.5 Å². The smallest absolute Gasteiger partial charge is 0.161 e. The van der Waals surface area contributed by atoms with Gasteiger partial charge in [-0.15, -0.1) is 0 Å². The van der Waals surface area contributed by atoms with E-state index in [9.17, 15) is 15.3 Å². The van der Waals surface area contributed by atoms with Crippen molar-refractivity contribution < 1.29 is 20.1 Å². The van der Waals surface area contributed by atoms with Crippen LogP contribution in [0, 0.1) is 0 Å². The summed E-state index contributed by atoms with van der Waals surface area (Å²) in [7, 11) is 0. The number of ether oxygens (including phenoxy) is 1. The molecular weight excluding hydrogens is 210 g/mol. The number of phenols is 1. The molecule has 0 aliphatic heterocycles. The molecule has 90 valence electrons. The maximum atomic E-state index is 9.71. The lowest BCUT2D eigenvalue weighted by molar-refractivity contribution is 0.0242. The molecule has 0 amide bonds. The highest BCUT2D eigenvalue weighted by atomic mass is 16.5. The van der Waals surface area contributed by atoms with E-state index in [1.165, 1.54) is 18.2 Å². The zero-order valence-electron chi connectivity index (χ0n) is 9.13. The Morgan fingerprint density at radius 2 is 2.06 bits per heavy atom. The molecule has 0 radical (unpaired) electrons. The molecule has 0 spiro atoms. The predicted octanol–water partition coefficient (Wildman–Crippen LogP) is 0.144. The minimum absolute atomic E-state index is 0.0000354. The number of aromatic hydroxyl groups is 1. The number of nitrogens with two attached hydrogens (primary N) is 1. The largest absolute Gasteiger partial charge is 0.504 e. The Kier molecular flexibility index (Phi) is 4.54. The van der Waals surface area contributed by atoms with E-state index in [0.717, 1.165) is 0 Å². The number of aliphatic hydroxyl groups is 2. The highest BCUT2D eigenvalue weighted by molar-refractivity contribution is 5.42. The van der Waals surface area contributed by atoms with Crippen molar-refractivity contribution >= 4 is 0 Å². The van der Waals surface area contributed by atoms with Crippen LogP contribution in [0.3, 0.4) is 0 Å². The van der Waals surface area contributed by atoms with Gasteiger partial charge < -0.3 is 25.8 Å². The molecule has 1 aromatic carbocycles. The second kappa shape index (κ2) is 5.69.